The molecule has 3 aromatic rings. The maximum atomic E-state index is 12.3. The highest BCUT2D eigenvalue weighted by Crippen LogP contribution is 2.21. The number of fused-ring (bicyclic) bond motifs is 1. The molecular formula is C21H29N5O2. The molecular weight excluding hydrogens is 354 g/mol. The minimum atomic E-state index is -0.138. The first-order valence-electron chi connectivity index (χ1n) is 9.81. The van der Waals surface area contributed by atoms with Crippen molar-refractivity contribution >= 4 is 16.9 Å². The predicted octanol–water partition coefficient (Wildman–Crippen LogP) is 3.94. The SMILES string of the molecule is CC(C)n1c(CNC(=O)CCCc2nc(C(C)(C)C)no2)nc2ccccc21. The maximum Gasteiger partial charge on any atom is 0.226 e. The molecule has 0 radical (unpaired) electrons. The van der Waals surface area contributed by atoms with E-state index in [2.05, 4.69) is 44.9 Å². The summed E-state index contributed by atoms with van der Waals surface area (Å²) in [6, 6.07) is 8.31. The van der Waals surface area contributed by atoms with Crippen LogP contribution in [0.5, 0.6) is 0 Å². The average Bonchev–Trinajstić information content (AvgIpc) is 3.24. The Kier molecular flexibility index (Phi) is 5.82. The molecule has 0 unspecified atom stereocenters. The highest BCUT2D eigenvalue weighted by Gasteiger charge is 2.21. The number of hydrogen-bond donors (Lipinski definition) is 1. The summed E-state index contributed by atoms with van der Waals surface area (Å²) in [4.78, 5) is 21.3. The normalized spacial score (nSPS) is 12.1. The standard InChI is InChI=1S/C21H29N5O2/c1-14(2)26-16-10-7-6-9-15(16)23-17(26)13-22-18(27)11-8-12-19-24-20(25-28-19)21(3,4)5/h6-7,9-10,14H,8,11-13H2,1-5H3,(H,22,27). The van der Waals surface area contributed by atoms with Crippen LogP contribution in [0.3, 0.4) is 0 Å². The second-order valence-electron chi connectivity index (χ2n) is 8.37. The van der Waals surface area contributed by atoms with Gasteiger partial charge in [-0.1, -0.05) is 38.1 Å². The van der Waals surface area contributed by atoms with Crippen molar-refractivity contribution in [2.75, 3.05) is 0 Å². The average molecular weight is 383 g/mol. The van der Waals surface area contributed by atoms with Crippen molar-refractivity contribution in [3.05, 3.63) is 41.8 Å². The Morgan fingerprint density at radius 2 is 1.96 bits per heavy atom. The minimum Gasteiger partial charge on any atom is -0.349 e. The highest BCUT2D eigenvalue weighted by atomic mass is 16.5. The number of benzene rings is 1. The van der Waals surface area contributed by atoms with Crippen LogP contribution in [0.1, 0.15) is 71.0 Å². The Hall–Kier alpha value is -2.70. The maximum absolute atomic E-state index is 12.3. The van der Waals surface area contributed by atoms with Gasteiger partial charge in [-0.2, -0.15) is 4.98 Å². The van der Waals surface area contributed by atoms with Gasteiger partial charge in [-0.15, -0.1) is 0 Å². The van der Waals surface area contributed by atoms with Gasteiger partial charge in [0.05, 0.1) is 17.6 Å². The number of aromatic nitrogens is 4. The monoisotopic (exact) mass is 383 g/mol. The molecule has 7 heteroatoms. The largest absolute Gasteiger partial charge is 0.349 e. The van der Waals surface area contributed by atoms with Crippen LogP contribution in [-0.2, 0) is 23.2 Å². The summed E-state index contributed by atoms with van der Waals surface area (Å²) >= 11 is 0. The van der Waals surface area contributed by atoms with Crippen LogP contribution < -0.4 is 5.32 Å². The van der Waals surface area contributed by atoms with E-state index in [4.69, 9.17) is 4.52 Å². The molecule has 0 saturated carbocycles. The Labute approximate surface area is 165 Å². The van der Waals surface area contributed by atoms with Crippen LogP contribution in [-0.4, -0.2) is 25.6 Å². The summed E-state index contributed by atoms with van der Waals surface area (Å²) in [5.74, 6) is 2.15. The van der Waals surface area contributed by atoms with Crippen molar-refractivity contribution in [2.45, 2.75) is 71.9 Å². The van der Waals surface area contributed by atoms with E-state index >= 15 is 0 Å². The summed E-state index contributed by atoms with van der Waals surface area (Å²) in [5, 5.41) is 6.99. The summed E-state index contributed by atoms with van der Waals surface area (Å²) < 4.78 is 7.44. The van der Waals surface area contributed by atoms with Gasteiger partial charge in [0.15, 0.2) is 5.82 Å². The second-order valence-corrected chi connectivity index (χ2v) is 8.37. The zero-order chi connectivity index (χ0) is 20.3. The van der Waals surface area contributed by atoms with E-state index in [0.29, 0.717) is 37.5 Å². The van der Waals surface area contributed by atoms with E-state index in [-0.39, 0.29) is 17.4 Å². The molecule has 0 atom stereocenters. The number of hydrogen-bond acceptors (Lipinski definition) is 5. The fraction of sp³-hybridized carbons (Fsp3) is 0.524. The van der Waals surface area contributed by atoms with Gasteiger partial charge in [-0.05, 0) is 32.4 Å². The molecule has 1 amide bonds. The molecule has 2 aromatic heterocycles. The van der Waals surface area contributed by atoms with Crippen molar-refractivity contribution in [1.29, 1.82) is 0 Å². The molecule has 0 aliphatic heterocycles. The molecule has 0 fully saturated rings. The lowest BCUT2D eigenvalue weighted by molar-refractivity contribution is -0.121. The number of amides is 1. The molecule has 0 spiro atoms. The lowest BCUT2D eigenvalue weighted by atomic mass is 9.96. The van der Waals surface area contributed by atoms with Gasteiger partial charge in [0.2, 0.25) is 11.8 Å². The van der Waals surface area contributed by atoms with Crippen molar-refractivity contribution in [2.24, 2.45) is 0 Å². The molecule has 0 bridgehead atoms. The lowest BCUT2D eigenvalue weighted by Crippen LogP contribution is -2.25. The third kappa shape index (κ3) is 4.58. The summed E-state index contributed by atoms with van der Waals surface area (Å²) in [6.07, 6.45) is 1.67. The Morgan fingerprint density at radius 1 is 1.21 bits per heavy atom. The van der Waals surface area contributed by atoms with Crippen molar-refractivity contribution in [3.63, 3.8) is 0 Å². The van der Waals surface area contributed by atoms with Gasteiger partial charge in [0, 0.05) is 24.3 Å². The summed E-state index contributed by atoms with van der Waals surface area (Å²) in [6.45, 7) is 10.8. The molecule has 1 N–H and O–H groups in total. The summed E-state index contributed by atoms with van der Waals surface area (Å²) in [7, 11) is 0. The van der Waals surface area contributed by atoms with Gasteiger partial charge < -0.3 is 14.4 Å². The summed E-state index contributed by atoms with van der Waals surface area (Å²) in [5.41, 5.74) is 1.90. The van der Waals surface area contributed by atoms with E-state index in [1.54, 1.807) is 0 Å². The smallest absolute Gasteiger partial charge is 0.226 e. The minimum absolute atomic E-state index is 0.00192. The number of para-hydroxylation sites is 2. The number of nitrogens with zero attached hydrogens (tertiary/aromatic N) is 4. The van der Waals surface area contributed by atoms with Gasteiger partial charge in [-0.25, -0.2) is 4.98 Å². The molecule has 0 aliphatic rings. The number of imidazole rings is 1. The van der Waals surface area contributed by atoms with E-state index < -0.39 is 0 Å². The lowest BCUT2D eigenvalue weighted by Gasteiger charge is -2.13. The van der Waals surface area contributed by atoms with Gasteiger partial charge in [-0.3, -0.25) is 4.79 Å². The van der Waals surface area contributed by atoms with Gasteiger partial charge in [0.1, 0.15) is 5.82 Å². The van der Waals surface area contributed by atoms with E-state index in [9.17, 15) is 4.79 Å². The van der Waals surface area contributed by atoms with Gasteiger partial charge in [0.25, 0.3) is 0 Å². The zero-order valence-electron chi connectivity index (χ0n) is 17.3. The first-order chi connectivity index (χ1) is 13.3. The zero-order valence-corrected chi connectivity index (χ0v) is 17.3. The third-order valence-corrected chi connectivity index (χ3v) is 4.56. The first kappa shape index (κ1) is 20.0. The van der Waals surface area contributed by atoms with Crippen LogP contribution in [0.2, 0.25) is 0 Å². The quantitative estimate of drug-likeness (QED) is 0.668. The van der Waals surface area contributed by atoms with E-state index in [1.165, 1.54) is 0 Å². The van der Waals surface area contributed by atoms with Crippen molar-refractivity contribution < 1.29 is 9.32 Å². The van der Waals surface area contributed by atoms with Crippen LogP contribution in [0.15, 0.2) is 28.8 Å². The van der Waals surface area contributed by atoms with Crippen molar-refractivity contribution in [1.82, 2.24) is 25.0 Å². The first-order valence-corrected chi connectivity index (χ1v) is 9.81. The molecule has 28 heavy (non-hydrogen) atoms. The Morgan fingerprint density at radius 3 is 2.64 bits per heavy atom. The fourth-order valence-corrected chi connectivity index (χ4v) is 3.12. The molecule has 1 aromatic carbocycles. The topological polar surface area (TPSA) is 85.8 Å². The molecule has 3 rings (SSSR count). The number of carbonyl (C=O) groups is 1. The number of carbonyl (C=O) groups excluding carboxylic acids is 1. The molecule has 0 aliphatic carbocycles. The molecule has 2 heterocycles. The van der Waals surface area contributed by atoms with Crippen LogP contribution in [0.25, 0.3) is 11.0 Å². The molecule has 150 valence electrons. The van der Waals surface area contributed by atoms with E-state index in [0.717, 1.165) is 16.9 Å². The fourth-order valence-electron chi connectivity index (χ4n) is 3.12. The third-order valence-electron chi connectivity index (χ3n) is 4.56. The van der Waals surface area contributed by atoms with Crippen LogP contribution >= 0.6 is 0 Å². The molecule has 0 saturated heterocycles. The van der Waals surface area contributed by atoms with Crippen LogP contribution in [0.4, 0.5) is 0 Å². The number of aryl methyl sites for hydroxylation is 1. The second kappa shape index (κ2) is 8.12. The van der Waals surface area contributed by atoms with Crippen LogP contribution in [0, 0.1) is 0 Å². The Balaban J connectivity index is 1.53. The predicted molar refractivity (Wildman–Crippen MR) is 108 cm³/mol. The highest BCUT2D eigenvalue weighted by molar-refractivity contribution is 5.77. The number of rotatable bonds is 7. The number of nitrogens with one attached hydrogen (secondary N) is 1. The van der Waals surface area contributed by atoms with Crippen molar-refractivity contribution in [3.8, 4) is 0 Å². The Bertz CT molecular complexity index is 949. The van der Waals surface area contributed by atoms with Gasteiger partial charge >= 0.3 is 0 Å². The van der Waals surface area contributed by atoms with E-state index in [1.807, 2.05) is 39.0 Å². The molecule has 7 nitrogen and oxygen atoms in total.